The molecule has 1 aromatic rings. The molecule has 15 heavy (non-hydrogen) atoms. The third-order valence-corrected chi connectivity index (χ3v) is 3.56. The standard InChI is InChI=1S/C11H18N2O2/c1-7(2)8-3-5-9(6-4-8)10-12-11(14)15-13-10/h7-9H,3-6H2,1-2H3,(H,12,13,14). The van der Waals surface area contributed by atoms with Crippen molar-refractivity contribution in [3.05, 3.63) is 16.4 Å². The quantitative estimate of drug-likeness (QED) is 0.814. The molecule has 1 saturated carbocycles. The van der Waals surface area contributed by atoms with Crippen molar-refractivity contribution in [2.24, 2.45) is 11.8 Å². The van der Waals surface area contributed by atoms with Crippen LogP contribution in [0.5, 0.6) is 0 Å². The number of aromatic amines is 1. The number of H-pyrrole nitrogens is 1. The van der Waals surface area contributed by atoms with Crippen molar-refractivity contribution in [2.75, 3.05) is 0 Å². The van der Waals surface area contributed by atoms with Crippen LogP contribution in [0.4, 0.5) is 0 Å². The van der Waals surface area contributed by atoms with Gasteiger partial charge in [-0.25, -0.2) is 4.79 Å². The molecule has 1 aliphatic rings. The fourth-order valence-electron chi connectivity index (χ4n) is 2.48. The Hall–Kier alpha value is -1.06. The lowest BCUT2D eigenvalue weighted by atomic mass is 9.77. The Labute approximate surface area is 89.1 Å². The first-order chi connectivity index (χ1) is 7.16. The molecule has 0 aliphatic heterocycles. The molecule has 1 N–H and O–H groups in total. The third-order valence-electron chi connectivity index (χ3n) is 3.56. The van der Waals surface area contributed by atoms with Gasteiger partial charge >= 0.3 is 5.76 Å². The molecule has 0 radical (unpaired) electrons. The summed E-state index contributed by atoms with van der Waals surface area (Å²) in [6.07, 6.45) is 4.70. The van der Waals surface area contributed by atoms with Crippen molar-refractivity contribution in [1.29, 1.82) is 0 Å². The maximum atomic E-state index is 10.8. The van der Waals surface area contributed by atoms with E-state index in [2.05, 4.69) is 28.5 Å². The predicted molar refractivity (Wildman–Crippen MR) is 56.7 cm³/mol. The topological polar surface area (TPSA) is 58.9 Å². The lowest BCUT2D eigenvalue weighted by molar-refractivity contribution is 0.251. The molecule has 4 heteroatoms. The molecular weight excluding hydrogens is 192 g/mol. The summed E-state index contributed by atoms with van der Waals surface area (Å²) in [7, 11) is 0. The fraction of sp³-hybridized carbons (Fsp3) is 0.818. The first-order valence-electron chi connectivity index (χ1n) is 5.72. The number of nitrogens with one attached hydrogen (secondary N) is 1. The van der Waals surface area contributed by atoms with Gasteiger partial charge in [0.2, 0.25) is 0 Å². The molecule has 2 rings (SSSR count). The van der Waals surface area contributed by atoms with Crippen molar-refractivity contribution in [1.82, 2.24) is 10.1 Å². The second kappa shape index (κ2) is 4.21. The Morgan fingerprint density at radius 3 is 2.47 bits per heavy atom. The van der Waals surface area contributed by atoms with Gasteiger partial charge in [-0.2, -0.15) is 0 Å². The lowest BCUT2D eigenvalue weighted by Crippen LogP contribution is -2.18. The van der Waals surface area contributed by atoms with E-state index in [1.807, 2.05) is 0 Å². The summed E-state index contributed by atoms with van der Waals surface area (Å²) >= 11 is 0. The van der Waals surface area contributed by atoms with Crippen LogP contribution in [-0.4, -0.2) is 10.1 Å². The van der Waals surface area contributed by atoms with Gasteiger partial charge in [0.05, 0.1) is 0 Å². The Morgan fingerprint density at radius 1 is 1.33 bits per heavy atom. The highest BCUT2D eigenvalue weighted by molar-refractivity contribution is 4.94. The zero-order chi connectivity index (χ0) is 10.8. The summed E-state index contributed by atoms with van der Waals surface area (Å²) in [5.41, 5.74) is 0. The van der Waals surface area contributed by atoms with Crippen molar-refractivity contribution in [2.45, 2.75) is 45.4 Å². The minimum atomic E-state index is -0.434. The van der Waals surface area contributed by atoms with E-state index in [9.17, 15) is 4.79 Å². The molecule has 0 unspecified atom stereocenters. The van der Waals surface area contributed by atoms with Crippen LogP contribution in [-0.2, 0) is 0 Å². The Balaban J connectivity index is 1.96. The minimum absolute atomic E-state index is 0.395. The summed E-state index contributed by atoms with van der Waals surface area (Å²) in [5, 5.41) is 3.77. The SMILES string of the molecule is CC(C)C1CCC(c2noc(=O)[nH]2)CC1. The highest BCUT2D eigenvalue weighted by Crippen LogP contribution is 2.36. The van der Waals surface area contributed by atoms with Gasteiger partial charge in [0.1, 0.15) is 0 Å². The number of hydrogen-bond donors (Lipinski definition) is 1. The highest BCUT2D eigenvalue weighted by atomic mass is 16.5. The molecule has 0 spiro atoms. The first-order valence-corrected chi connectivity index (χ1v) is 5.72. The smallest absolute Gasteiger partial charge is 0.296 e. The molecule has 1 aromatic heterocycles. The third kappa shape index (κ3) is 2.30. The molecule has 84 valence electrons. The van der Waals surface area contributed by atoms with Gasteiger partial charge in [0.15, 0.2) is 5.82 Å². The molecular formula is C11H18N2O2. The van der Waals surface area contributed by atoms with Crippen molar-refractivity contribution in [3.63, 3.8) is 0 Å². The normalized spacial score (nSPS) is 27.1. The number of nitrogens with zero attached hydrogens (tertiary/aromatic N) is 1. The Morgan fingerprint density at radius 2 is 2.00 bits per heavy atom. The van der Waals surface area contributed by atoms with Crippen LogP contribution in [0, 0.1) is 11.8 Å². The summed E-state index contributed by atoms with van der Waals surface area (Å²) in [6.45, 7) is 4.56. The average Bonchev–Trinajstić information content (AvgIpc) is 2.65. The molecule has 0 amide bonds. The van der Waals surface area contributed by atoms with Gasteiger partial charge in [-0.05, 0) is 37.5 Å². The minimum Gasteiger partial charge on any atom is -0.296 e. The Bertz CT molecular complexity index is 359. The van der Waals surface area contributed by atoms with E-state index in [1.165, 1.54) is 12.8 Å². The van der Waals surface area contributed by atoms with Gasteiger partial charge in [-0.3, -0.25) is 9.51 Å². The second-order valence-corrected chi connectivity index (χ2v) is 4.84. The lowest BCUT2D eigenvalue weighted by Gasteiger charge is -2.29. The maximum absolute atomic E-state index is 10.8. The van der Waals surface area contributed by atoms with Crippen molar-refractivity contribution < 1.29 is 4.52 Å². The summed E-state index contributed by atoms with van der Waals surface area (Å²) in [4.78, 5) is 13.5. The van der Waals surface area contributed by atoms with Crippen molar-refractivity contribution >= 4 is 0 Å². The molecule has 4 nitrogen and oxygen atoms in total. The molecule has 0 bridgehead atoms. The number of hydrogen-bond acceptors (Lipinski definition) is 3. The van der Waals surface area contributed by atoms with Crippen LogP contribution in [0.2, 0.25) is 0 Å². The fourth-order valence-corrected chi connectivity index (χ4v) is 2.48. The summed E-state index contributed by atoms with van der Waals surface area (Å²) in [5.74, 6) is 2.30. The number of aromatic nitrogens is 2. The predicted octanol–water partition coefficient (Wildman–Crippen LogP) is 2.29. The summed E-state index contributed by atoms with van der Waals surface area (Å²) < 4.78 is 4.53. The van der Waals surface area contributed by atoms with E-state index in [0.717, 1.165) is 30.5 Å². The summed E-state index contributed by atoms with van der Waals surface area (Å²) in [6, 6.07) is 0. The van der Waals surface area contributed by atoms with Crippen LogP contribution in [0.1, 0.15) is 51.3 Å². The second-order valence-electron chi connectivity index (χ2n) is 4.84. The van der Waals surface area contributed by atoms with E-state index in [0.29, 0.717) is 5.92 Å². The molecule has 0 saturated heterocycles. The van der Waals surface area contributed by atoms with Gasteiger partial charge in [0.25, 0.3) is 0 Å². The van der Waals surface area contributed by atoms with E-state index in [1.54, 1.807) is 0 Å². The molecule has 1 aliphatic carbocycles. The number of rotatable bonds is 2. The van der Waals surface area contributed by atoms with E-state index < -0.39 is 5.76 Å². The van der Waals surface area contributed by atoms with Gasteiger partial charge in [-0.15, -0.1) is 0 Å². The van der Waals surface area contributed by atoms with Crippen LogP contribution < -0.4 is 5.76 Å². The van der Waals surface area contributed by atoms with Crippen LogP contribution in [0.15, 0.2) is 9.32 Å². The monoisotopic (exact) mass is 210 g/mol. The molecule has 0 aromatic carbocycles. The van der Waals surface area contributed by atoms with Crippen LogP contribution >= 0.6 is 0 Å². The molecule has 1 heterocycles. The zero-order valence-corrected chi connectivity index (χ0v) is 9.32. The largest absolute Gasteiger partial charge is 0.438 e. The van der Waals surface area contributed by atoms with E-state index in [-0.39, 0.29) is 0 Å². The molecule has 1 fully saturated rings. The van der Waals surface area contributed by atoms with Crippen LogP contribution in [0.25, 0.3) is 0 Å². The van der Waals surface area contributed by atoms with Crippen molar-refractivity contribution in [3.8, 4) is 0 Å². The Kier molecular flexibility index (Phi) is 2.93. The molecule has 0 atom stereocenters. The maximum Gasteiger partial charge on any atom is 0.438 e. The first kappa shape index (κ1) is 10.5. The van der Waals surface area contributed by atoms with Gasteiger partial charge in [0, 0.05) is 5.92 Å². The van der Waals surface area contributed by atoms with Gasteiger partial charge in [-0.1, -0.05) is 19.0 Å². The van der Waals surface area contributed by atoms with Gasteiger partial charge < -0.3 is 0 Å². The van der Waals surface area contributed by atoms with Crippen LogP contribution in [0.3, 0.4) is 0 Å². The zero-order valence-electron chi connectivity index (χ0n) is 9.32. The van der Waals surface area contributed by atoms with E-state index >= 15 is 0 Å². The average molecular weight is 210 g/mol. The van der Waals surface area contributed by atoms with E-state index in [4.69, 9.17) is 0 Å². The highest BCUT2D eigenvalue weighted by Gasteiger charge is 2.26.